The summed E-state index contributed by atoms with van der Waals surface area (Å²) in [6.45, 7) is 1.45. The number of benzene rings is 1. The number of hydrogen-bond donors (Lipinski definition) is 1. The van der Waals surface area contributed by atoms with E-state index in [1.54, 1.807) is 30.3 Å². The second-order valence-electron chi connectivity index (χ2n) is 11.2. The van der Waals surface area contributed by atoms with Gasteiger partial charge in [-0.3, -0.25) is 9.69 Å². The van der Waals surface area contributed by atoms with E-state index in [0.717, 1.165) is 32.2 Å². The molecule has 1 aromatic heterocycles. The number of nitrogens with zero attached hydrogens (tertiary/aromatic N) is 4. The van der Waals surface area contributed by atoms with Gasteiger partial charge in [-0.1, -0.05) is 36.8 Å². The molecular formula is C29H39N5O3. The minimum Gasteiger partial charge on any atom is -0.481 e. The highest BCUT2D eigenvalue weighted by Gasteiger charge is 2.55. The quantitative estimate of drug-likeness (QED) is 0.578. The molecule has 3 aliphatic rings. The van der Waals surface area contributed by atoms with E-state index < -0.39 is 0 Å². The summed E-state index contributed by atoms with van der Waals surface area (Å²) in [5.41, 5.74) is 1.69. The van der Waals surface area contributed by atoms with Gasteiger partial charge < -0.3 is 19.9 Å². The number of carbonyl (C=O) groups is 2. The van der Waals surface area contributed by atoms with Crippen molar-refractivity contribution in [3.63, 3.8) is 0 Å². The van der Waals surface area contributed by atoms with Crippen LogP contribution in [0, 0.1) is 5.92 Å². The zero-order valence-electron chi connectivity index (χ0n) is 22.3. The van der Waals surface area contributed by atoms with Gasteiger partial charge in [0.1, 0.15) is 6.54 Å². The molecule has 1 aromatic carbocycles. The van der Waals surface area contributed by atoms with Gasteiger partial charge in [0.25, 0.3) is 0 Å². The Balaban J connectivity index is 1.33. The van der Waals surface area contributed by atoms with Crippen LogP contribution in [0.25, 0.3) is 0 Å². The van der Waals surface area contributed by atoms with Gasteiger partial charge in [0.2, 0.25) is 11.8 Å². The van der Waals surface area contributed by atoms with E-state index in [1.165, 1.54) is 24.8 Å². The third-order valence-electron chi connectivity index (χ3n) is 8.96. The van der Waals surface area contributed by atoms with Crippen LogP contribution in [0.3, 0.4) is 0 Å². The number of nitrogens with one attached hydrogen (secondary N) is 1. The Morgan fingerprint density at radius 2 is 1.86 bits per heavy atom. The molecule has 0 bridgehead atoms. The fourth-order valence-electron chi connectivity index (χ4n) is 6.48. The van der Waals surface area contributed by atoms with Crippen molar-refractivity contribution in [3.8, 4) is 5.88 Å². The number of methoxy groups -OCH3 is 1. The van der Waals surface area contributed by atoms with Crippen LogP contribution in [0.5, 0.6) is 5.88 Å². The van der Waals surface area contributed by atoms with Crippen molar-refractivity contribution in [1.29, 1.82) is 0 Å². The first-order chi connectivity index (χ1) is 17.8. The SMILES string of the molecule is COc1cc(NC(=O)CN2C[C@]3(CC[C@@](c4ccccc4)(N(C)C)CC3)N(CC3CCC3)C2=O)ccn1. The molecule has 5 rings (SSSR count). The van der Waals surface area contributed by atoms with Crippen LogP contribution in [0.4, 0.5) is 10.5 Å². The molecule has 0 unspecified atom stereocenters. The molecule has 2 saturated carbocycles. The molecule has 2 heterocycles. The van der Waals surface area contributed by atoms with Crippen LogP contribution < -0.4 is 10.1 Å². The van der Waals surface area contributed by atoms with Crippen LogP contribution >= 0.6 is 0 Å². The molecule has 3 fully saturated rings. The minimum atomic E-state index is -0.221. The monoisotopic (exact) mass is 505 g/mol. The highest BCUT2D eigenvalue weighted by atomic mass is 16.5. The number of amides is 3. The number of rotatable bonds is 8. The van der Waals surface area contributed by atoms with Crippen LogP contribution in [-0.2, 0) is 10.3 Å². The first kappa shape index (κ1) is 25.5. The van der Waals surface area contributed by atoms with Crippen molar-refractivity contribution in [2.45, 2.75) is 56.0 Å². The van der Waals surface area contributed by atoms with Crippen molar-refractivity contribution < 1.29 is 14.3 Å². The molecule has 0 radical (unpaired) electrons. The predicted octanol–water partition coefficient (Wildman–Crippen LogP) is 4.34. The first-order valence-corrected chi connectivity index (χ1v) is 13.4. The molecule has 8 nitrogen and oxygen atoms in total. The molecule has 1 aliphatic heterocycles. The van der Waals surface area contributed by atoms with Gasteiger partial charge in [0, 0.05) is 36.6 Å². The number of ether oxygens (including phenoxy) is 1. The molecular weight excluding hydrogens is 466 g/mol. The molecule has 1 spiro atoms. The Kier molecular flexibility index (Phi) is 7.12. The highest BCUT2D eigenvalue weighted by molar-refractivity contribution is 5.95. The van der Waals surface area contributed by atoms with Gasteiger partial charge >= 0.3 is 6.03 Å². The Hall–Kier alpha value is -3.13. The van der Waals surface area contributed by atoms with E-state index in [4.69, 9.17) is 4.74 Å². The second-order valence-corrected chi connectivity index (χ2v) is 11.2. The van der Waals surface area contributed by atoms with Gasteiger partial charge in [-0.2, -0.15) is 0 Å². The van der Waals surface area contributed by atoms with Gasteiger partial charge in [-0.25, -0.2) is 9.78 Å². The average molecular weight is 506 g/mol. The van der Waals surface area contributed by atoms with Crippen LogP contribution in [0.2, 0.25) is 0 Å². The highest BCUT2D eigenvalue weighted by Crippen LogP contribution is 2.49. The van der Waals surface area contributed by atoms with Crippen molar-refractivity contribution in [2.75, 3.05) is 46.2 Å². The van der Waals surface area contributed by atoms with Gasteiger partial charge in [0.05, 0.1) is 12.6 Å². The van der Waals surface area contributed by atoms with E-state index in [9.17, 15) is 9.59 Å². The summed E-state index contributed by atoms with van der Waals surface area (Å²) in [6.07, 6.45) is 9.04. The Morgan fingerprint density at radius 3 is 2.49 bits per heavy atom. The number of carbonyl (C=O) groups excluding carboxylic acids is 2. The second kappa shape index (κ2) is 10.3. The smallest absolute Gasteiger partial charge is 0.321 e. The Morgan fingerprint density at radius 1 is 1.14 bits per heavy atom. The largest absolute Gasteiger partial charge is 0.481 e. The van der Waals surface area contributed by atoms with Gasteiger partial charge in [-0.15, -0.1) is 0 Å². The van der Waals surface area contributed by atoms with E-state index >= 15 is 0 Å². The normalized spacial score (nSPS) is 26.0. The Labute approximate surface area is 220 Å². The van der Waals surface area contributed by atoms with Crippen molar-refractivity contribution in [3.05, 3.63) is 54.2 Å². The number of anilines is 1. The summed E-state index contributed by atoms with van der Waals surface area (Å²) < 4.78 is 5.16. The molecule has 0 atom stereocenters. The number of pyridine rings is 1. The average Bonchev–Trinajstić information content (AvgIpc) is 3.12. The summed E-state index contributed by atoms with van der Waals surface area (Å²) in [4.78, 5) is 37.1. The van der Waals surface area contributed by atoms with Crippen LogP contribution in [0.1, 0.15) is 50.5 Å². The minimum absolute atomic E-state index is 0.00595. The van der Waals surface area contributed by atoms with Crippen molar-refractivity contribution in [1.82, 2.24) is 19.7 Å². The summed E-state index contributed by atoms with van der Waals surface area (Å²) in [5, 5.41) is 2.90. The van der Waals surface area contributed by atoms with E-state index in [0.29, 0.717) is 24.0 Å². The zero-order valence-corrected chi connectivity index (χ0v) is 22.3. The topological polar surface area (TPSA) is 78.0 Å². The maximum atomic E-state index is 13.7. The summed E-state index contributed by atoms with van der Waals surface area (Å²) in [5.74, 6) is 0.809. The summed E-state index contributed by atoms with van der Waals surface area (Å²) in [6, 6.07) is 14.2. The fraction of sp³-hybridized carbons (Fsp3) is 0.552. The van der Waals surface area contributed by atoms with Gasteiger partial charge in [0.15, 0.2) is 0 Å². The molecule has 37 heavy (non-hydrogen) atoms. The third-order valence-corrected chi connectivity index (χ3v) is 8.96. The van der Waals surface area contributed by atoms with E-state index in [2.05, 4.69) is 64.5 Å². The Bertz CT molecular complexity index is 1110. The molecule has 198 valence electrons. The lowest BCUT2D eigenvalue weighted by Crippen LogP contribution is -2.56. The first-order valence-electron chi connectivity index (χ1n) is 13.4. The van der Waals surface area contributed by atoms with Crippen molar-refractivity contribution >= 4 is 17.6 Å². The lowest BCUT2D eigenvalue weighted by Gasteiger charge is -2.51. The van der Waals surface area contributed by atoms with E-state index in [1.807, 2.05) is 0 Å². The molecule has 1 saturated heterocycles. The lowest BCUT2D eigenvalue weighted by molar-refractivity contribution is -0.116. The number of aromatic nitrogens is 1. The predicted molar refractivity (Wildman–Crippen MR) is 143 cm³/mol. The molecule has 8 heteroatoms. The molecule has 1 N–H and O–H groups in total. The summed E-state index contributed by atoms with van der Waals surface area (Å²) >= 11 is 0. The van der Waals surface area contributed by atoms with Crippen LogP contribution in [0.15, 0.2) is 48.7 Å². The van der Waals surface area contributed by atoms with Crippen LogP contribution in [-0.4, -0.2) is 78.0 Å². The molecule has 2 aliphatic carbocycles. The number of urea groups is 1. The third kappa shape index (κ3) is 4.91. The zero-order chi connectivity index (χ0) is 26.0. The van der Waals surface area contributed by atoms with Gasteiger partial charge in [-0.05, 0) is 70.2 Å². The molecule has 2 aromatic rings. The van der Waals surface area contributed by atoms with E-state index in [-0.39, 0.29) is 29.6 Å². The fourth-order valence-corrected chi connectivity index (χ4v) is 6.48. The molecule has 3 amide bonds. The standard InChI is InChI=1S/C29H39N5O3/c1-32(2)29(23-10-5-4-6-11-23)15-13-28(14-16-29)21-33(27(36)34(28)19-22-8-7-9-22)20-25(35)31-24-12-17-30-26(18-24)37-3/h4-6,10-12,17-18,22H,7-9,13-16,19-21H2,1-3H3,(H,30,31,35)/t28-,29-. The maximum Gasteiger partial charge on any atom is 0.321 e. The number of hydrogen-bond acceptors (Lipinski definition) is 5. The lowest BCUT2D eigenvalue weighted by atomic mass is 9.68. The summed E-state index contributed by atoms with van der Waals surface area (Å²) in [7, 11) is 5.88. The maximum absolute atomic E-state index is 13.7. The van der Waals surface area contributed by atoms with Crippen molar-refractivity contribution in [2.24, 2.45) is 5.92 Å².